The number of carbonyl (C=O) groups excluding carboxylic acids is 1. The number of hydrogen-bond donors (Lipinski definition) is 0. The zero-order valence-electron chi connectivity index (χ0n) is 10.6. The van der Waals surface area contributed by atoms with Crippen LogP contribution >= 0.6 is 11.6 Å². The highest BCUT2D eigenvalue weighted by Crippen LogP contribution is 2.16. The number of carbonyl (C=O) groups is 1. The Kier molecular flexibility index (Phi) is 6.56. The van der Waals surface area contributed by atoms with E-state index < -0.39 is 6.61 Å². The highest BCUT2D eigenvalue weighted by atomic mass is 35.5. The zero-order chi connectivity index (χ0) is 14.3. The number of nitrogens with zero attached hydrogens (tertiary/aromatic N) is 1. The number of hydrogen-bond acceptors (Lipinski definition) is 2. The highest BCUT2D eigenvalue weighted by Gasteiger charge is 2.09. The van der Waals surface area contributed by atoms with Crippen LogP contribution in [0.3, 0.4) is 0 Å². The van der Waals surface area contributed by atoms with E-state index in [1.807, 2.05) is 0 Å². The van der Waals surface area contributed by atoms with E-state index in [1.54, 1.807) is 24.1 Å². The summed E-state index contributed by atoms with van der Waals surface area (Å²) >= 11 is 5.52. The molecule has 0 aliphatic heterocycles. The van der Waals surface area contributed by atoms with E-state index in [-0.39, 0.29) is 11.7 Å². The maximum atomic E-state index is 12.0. The summed E-state index contributed by atoms with van der Waals surface area (Å²) in [6.45, 7) is -2.40. The van der Waals surface area contributed by atoms with Gasteiger partial charge < -0.3 is 9.64 Å². The molecular weight excluding hydrogens is 276 g/mol. The van der Waals surface area contributed by atoms with Gasteiger partial charge in [-0.1, -0.05) is 12.1 Å². The summed E-state index contributed by atoms with van der Waals surface area (Å²) < 4.78 is 28.2. The Labute approximate surface area is 116 Å². The number of halogens is 3. The number of alkyl halides is 3. The van der Waals surface area contributed by atoms with Crippen molar-refractivity contribution in [2.75, 3.05) is 12.9 Å². The summed E-state index contributed by atoms with van der Waals surface area (Å²) in [6.07, 6.45) is 1.05. The monoisotopic (exact) mass is 291 g/mol. The lowest BCUT2D eigenvalue weighted by Crippen LogP contribution is -2.25. The molecule has 19 heavy (non-hydrogen) atoms. The Morgan fingerprint density at radius 3 is 2.53 bits per heavy atom. The minimum Gasteiger partial charge on any atom is -0.435 e. The molecule has 1 aromatic rings. The lowest BCUT2D eigenvalue weighted by atomic mass is 10.2. The Hall–Kier alpha value is -1.36. The van der Waals surface area contributed by atoms with Crippen LogP contribution in [0, 0.1) is 0 Å². The van der Waals surface area contributed by atoms with Crippen LogP contribution in [0.2, 0.25) is 0 Å². The first-order valence-electron chi connectivity index (χ1n) is 5.86. The molecule has 1 aromatic carbocycles. The van der Waals surface area contributed by atoms with Gasteiger partial charge in [0.2, 0.25) is 5.91 Å². The van der Waals surface area contributed by atoms with Crippen molar-refractivity contribution >= 4 is 17.5 Å². The maximum Gasteiger partial charge on any atom is 0.387 e. The fraction of sp³-hybridized carbons (Fsp3) is 0.462. The third-order valence-electron chi connectivity index (χ3n) is 2.52. The lowest BCUT2D eigenvalue weighted by molar-refractivity contribution is -0.130. The van der Waals surface area contributed by atoms with Crippen LogP contribution in [-0.4, -0.2) is 30.3 Å². The van der Waals surface area contributed by atoms with Crippen molar-refractivity contribution in [2.45, 2.75) is 26.0 Å². The molecule has 0 aliphatic rings. The van der Waals surface area contributed by atoms with Crippen LogP contribution in [0.4, 0.5) is 8.78 Å². The standard InChI is InChI=1S/C13H16ClF2NO2/c1-17(12(18)3-2-8-14)9-10-4-6-11(7-5-10)19-13(15)16/h4-7,13H,2-3,8-9H2,1H3. The number of amides is 1. The van der Waals surface area contributed by atoms with Crippen molar-refractivity contribution in [3.05, 3.63) is 29.8 Å². The van der Waals surface area contributed by atoms with E-state index in [1.165, 1.54) is 12.1 Å². The van der Waals surface area contributed by atoms with Crippen molar-refractivity contribution < 1.29 is 18.3 Å². The van der Waals surface area contributed by atoms with Crippen molar-refractivity contribution in [2.24, 2.45) is 0 Å². The van der Waals surface area contributed by atoms with Crippen LogP contribution < -0.4 is 4.74 Å². The smallest absolute Gasteiger partial charge is 0.387 e. The minimum absolute atomic E-state index is 0.00792. The first kappa shape index (κ1) is 15.7. The summed E-state index contributed by atoms with van der Waals surface area (Å²) in [7, 11) is 1.69. The molecule has 0 saturated heterocycles. The van der Waals surface area contributed by atoms with E-state index in [0.717, 1.165) is 5.56 Å². The molecule has 0 N–H and O–H groups in total. The van der Waals surface area contributed by atoms with Crippen molar-refractivity contribution in [1.82, 2.24) is 4.90 Å². The Balaban J connectivity index is 2.50. The van der Waals surface area contributed by atoms with E-state index in [9.17, 15) is 13.6 Å². The van der Waals surface area contributed by atoms with Gasteiger partial charge in [0.1, 0.15) is 5.75 Å². The van der Waals surface area contributed by atoms with Gasteiger partial charge >= 0.3 is 6.61 Å². The van der Waals surface area contributed by atoms with Crippen molar-refractivity contribution in [3.63, 3.8) is 0 Å². The average Bonchev–Trinajstić information content (AvgIpc) is 2.37. The van der Waals surface area contributed by atoms with E-state index >= 15 is 0 Å². The molecule has 0 unspecified atom stereocenters. The Bertz CT molecular complexity index is 398. The fourth-order valence-corrected chi connectivity index (χ4v) is 1.68. The largest absolute Gasteiger partial charge is 0.435 e. The topological polar surface area (TPSA) is 29.5 Å². The summed E-state index contributed by atoms with van der Waals surface area (Å²) in [6, 6.07) is 6.23. The van der Waals surface area contributed by atoms with Gasteiger partial charge in [-0.05, 0) is 24.1 Å². The highest BCUT2D eigenvalue weighted by molar-refractivity contribution is 6.17. The molecule has 1 amide bonds. The van der Waals surface area contributed by atoms with Gasteiger partial charge in [0.25, 0.3) is 0 Å². The van der Waals surface area contributed by atoms with Crippen LogP contribution in [-0.2, 0) is 11.3 Å². The second-order valence-electron chi connectivity index (χ2n) is 4.06. The number of ether oxygens (including phenoxy) is 1. The molecule has 3 nitrogen and oxygen atoms in total. The minimum atomic E-state index is -2.83. The molecule has 6 heteroatoms. The lowest BCUT2D eigenvalue weighted by Gasteiger charge is -2.17. The summed E-state index contributed by atoms with van der Waals surface area (Å²) in [5.41, 5.74) is 0.850. The van der Waals surface area contributed by atoms with Gasteiger partial charge in [0.05, 0.1) is 0 Å². The molecule has 106 valence electrons. The molecule has 0 saturated carbocycles. The third-order valence-corrected chi connectivity index (χ3v) is 2.79. The van der Waals surface area contributed by atoms with Crippen LogP contribution in [0.25, 0.3) is 0 Å². The molecule has 0 fully saturated rings. The normalized spacial score (nSPS) is 10.6. The number of rotatable bonds is 7. The summed E-state index contributed by atoms with van der Waals surface area (Å²) in [5, 5.41) is 0. The van der Waals surface area contributed by atoms with Gasteiger partial charge in [0.15, 0.2) is 0 Å². The SMILES string of the molecule is CN(Cc1ccc(OC(F)F)cc1)C(=O)CCCCl. The summed E-state index contributed by atoms with van der Waals surface area (Å²) in [4.78, 5) is 13.2. The molecule has 0 aromatic heterocycles. The van der Waals surface area contributed by atoms with Gasteiger partial charge in [-0.25, -0.2) is 0 Å². The second kappa shape index (κ2) is 7.94. The molecule has 0 radical (unpaired) electrons. The predicted octanol–water partition coefficient (Wildman–Crippen LogP) is 3.27. The maximum absolute atomic E-state index is 12.0. The molecule has 0 bridgehead atoms. The third kappa shape index (κ3) is 5.87. The number of benzene rings is 1. The van der Waals surface area contributed by atoms with Gasteiger partial charge in [-0.15, -0.1) is 11.6 Å². The van der Waals surface area contributed by atoms with Crippen LogP contribution in [0.1, 0.15) is 18.4 Å². The van der Waals surface area contributed by atoms with E-state index in [4.69, 9.17) is 11.6 Å². The molecule has 1 rings (SSSR count). The molecule has 0 heterocycles. The van der Waals surface area contributed by atoms with Crippen LogP contribution in [0.5, 0.6) is 5.75 Å². The first-order chi connectivity index (χ1) is 9.02. The van der Waals surface area contributed by atoms with Crippen molar-refractivity contribution in [3.8, 4) is 5.75 Å². The van der Waals surface area contributed by atoms with Gasteiger partial charge in [0, 0.05) is 25.9 Å². The van der Waals surface area contributed by atoms with Gasteiger partial charge in [-0.3, -0.25) is 4.79 Å². The van der Waals surface area contributed by atoms with E-state index in [0.29, 0.717) is 25.3 Å². The Morgan fingerprint density at radius 2 is 2.00 bits per heavy atom. The summed E-state index contributed by atoms with van der Waals surface area (Å²) in [5.74, 6) is 0.572. The molecule has 0 atom stereocenters. The van der Waals surface area contributed by atoms with Crippen molar-refractivity contribution in [1.29, 1.82) is 0 Å². The Morgan fingerprint density at radius 1 is 1.37 bits per heavy atom. The molecule has 0 aliphatic carbocycles. The quantitative estimate of drug-likeness (QED) is 0.722. The molecule has 0 spiro atoms. The molecular formula is C13H16ClF2NO2. The zero-order valence-corrected chi connectivity index (χ0v) is 11.4. The average molecular weight is 292 g/mol. The first-order valence-corrected chi connectivity index (χ1v) is 6.40. The predicted molar refractivity (Wildman–Crippen MR) is 69.5 cm³/mol. The van der Waals surface area contributed by atoms with E-state index in [2.05, 4.69) is 4.74 Å². The van der Waals surface area contributed by atoms with Gasteiger partial charge in [-0.2, -0.15) is 8.78 Å². The van der Waals surface area contributed by atoms with Crippen LogP contribution in [0.15, 0.2) is 24.3 Å². The second-order valence-corrected chi connectivity index (χ2v) is 4.44. The fourth-order valence-electron chi connectivity index (χ4n) is 1.55.